The Labute approximate surface area is 134 Å². The van der Waals surface area contributed by atoms with Crippen LogP contribution >= 0.6 is 0 Å². The van der Waals surface area contributed by atoms with Gasteiger partial charge in [-0.05, 0) is 43.3 Å². The van der Waals surface area contributed by atoms with E-state index in [2.05, 4.69) is 21.5 Å². The van der Waals surface area contributed by atoms with Crippen LogP contribution in [0.4, 0.5) is 5.82 Å². The molecule has 0 amide bonds. The largest absolute Gasteiger partial charge is 0.383 e. The van der Waals surface area contributed by atoms with Gasteiger partial charge in [0.15, 0.2) is 11.5 Å². The van der Waals surface area contributed by atoms with Crippen molar-refractivity contribution in [3.05, 3.63) is 67.5 Å². The average Bonchev–Trinajstić information content (AvgIpc) is 2.95. The zero-order valence-corrected chi connectivity index (χ0v) is 12.8. The van der Waals surface area contributed by atoms with Crippen LogP contribution in [0.1, 0.15) is 6.92 Å². The SMILES string of the molecule is C=C/C(=C\C=C/C)n1c(-c2cccnc2N)nc2cccnc21. The highest BCUT2D eigenvalue weighted by molar-refractivity contribution is 5.86. The molecule has 0 aliphatic carbocycles. The van der Waals surface area contributed by atoms with Crippen LogP contribution in [0.2, 0.25) is 0 Å². The Kier molecular flexibility index (Phi) is 4.01. The summed E-state index contributed by atoms with van der Waals surface area (Å²) in [5.41, 5.74) is 9.21. The van der Waals surface area contributed by atoms with Crippen LogP contribution in [0.15, 0.2) is 67.5 Å². The van der Waals surface area contributed by atoms with Gasteiger partial charge in [0.1, 0.15) is 11.3 Å². The molecule has 2 N–H and O–H groups in total. The fraction of sp³-hybridized carbons (Fsp3) is 0.0556. The van der Waals surface area contributed by atoms with Crippen LogP contribution < -0.4 is 5.73 Å². The molecular weight excluding hydrogens is 286 g/mol. The molecule has 0 saturated heterocycles. The molecule has 0 saturated carbocycles. The fourth-order valence-corrected chi connectivity index (χ4v) is 2.37. The number of pyridine rings is 2. The van der Waals surface area contributed by atoms with Gasteiger partial charge in [0.05, 0.1) is 5.56 Å². The van der Waals surface area contributed by atoms with E-state index in [1.54, 1.807) is 18.5 Å². The molecule has 0 fully saturated rings. The van der Waals surface area contributed by atoms with Gasteiger partial charge in [-0.3, -0.25) is 4.57 Å². The zero-order chi connectivity index (χ0) is 16.2. The number of imidazole rings is 1. The Morgan fingerprint density at radius 2 is 2.00 bits per heavy atom. The van der Waals surface area contributed by atoms with Crippen molar-refractivity contribution in [1.82, 2.24) is 19.5 Å². The number of rotatable bonds is 4. The maximum Gasteiger partial charge on any atom is 0.164 e. The van der Waals surface area contributed by atoms with E-state index in [1.807, 2.05) is 54.0 Å². The Bertz CT molecular complexity index is 918. The van der Waals surface area contributed by atoms with Gasteiger partial charge in [-0.15, -0.1) is 0 Å². The number of nitrogen functional groups attached to an aromatic ring is 1. The number of allylic oxidation sites excluding steroid dienone is 5. The quantitative estimate of drug-likeness (QED) is 0.746. The summed E-state index contributed by atoms with van der Waals surface area (Å²) < 4.78 is 1.94. The maximum absolute atomic E-state index is 6.04. The number of aromatic nitrogens is 4. The molecule has 5 heteroatoms. The first-order chi connectivity index (χ1) is 11.3. The molecule has 114 valence electrons. The molecule has 3 aromatic heterocycles. The lowest BCUT2D eigenvalue weighted by Crippen LogP contribution is -2.02. The van der Waals surface area contributed by atoms with Crippen molar-refractivity contribution in [2.24, 2.45) is 0 Å². The molecule has 3 aromatic rings. The molecule has 5 nitrogen and oxygen atoms in total. The number of hydrogen-bond acceptors (Lipinski definition) is 4. The van der Waals surface area contributed by atoms with Crippen LogP contribution in [-0.2, 0) is 0 Å². The van der Waals surface area contributed by atoms with E-state index in [4.69, 9.17) is 5.73 Å². The molecule has 0 radical (unpaired) electrons. The lowest BCUT2D eigenvalue weighted by Gasteiger charge is -2.10. The Morgan fingerprint density at radius 1 is 1.22 bits per heavy atom. The minimum Gasteiger partial charge on any atom is -0.383 e. The van der Waals surface area contributed by atoms with E-state index >= 15 is 0 Å². The second kappa shape index (κ2) is 6.27. The number of anilines is 1. The number of nitrogens with two attached hydrogens (primary N) is 1. The number of hydrogen-bond donors (Lipinski definition) is 1. The van der Waals surface area contributed by atoms with Crippen molar-refractivity contribution < 1.29 is 0 Å². The lowest BCUT2D eigenvalue weighted by atomic mass is 10.2. The molecule has 0 aromatic carbocycles. The summed E-state index contributed by atoms with van der Waals surface area (Å²) in [4.78, 5) is 13.3. The van der Waals surface area contributed by atoms with E-state index < -0.39 is 0 Å². The first-order valence-corrected chi connectivity index (χ1v) is 7.26. The summed E-state index contributed by atoms with van der Waals surface area (Å²) in [7, 11) is 0. The van der Waals surface area contributed by atoms with Gasteiger partial charge < -0.3 is 5.73 Å². The van der Waals surface area contributed by atoms with Gasteiger partial charge in [0.2, 0.25) is 0 Å². The molecule has 0 bridgehead atoms. The van der Waals surface area contributed by atoms with Gasteiger partial charge in [-0.25, -0.2) is 15.0 Å². The summed E-state index contributed by atoms with van der Waals surface area (Å²) in [6, 6.07) is 7.52. The van der Waals surface area contributed by atoms with Crippen molar-refractivity contribution in [3.8, 4) is 11.4 Å². The molecule has 0 unspecified atom stereocenters. The second-order valence-electron chi connectivity index (χ2n) is 4.87. The van der Waals surface area contributed by atoms with Crippen LogP contribution in [0.5, 0.6) is 0 Å². The minimum atomic E-state index is 0.429. The predicted octanol–water partition coefficient (Wildman–Crippen LogP) is 3.68. The molecule has 0 spiro atoms. The highest BCUT2D eigenvalue weighted by Gasteiger charge is 2.17. The van der Waals surface area contributed by atoms with Gasteiger partial charge in [-0.1, -0.05) is 18.7 Å². The monoisotopic (exact) mass is 303 g/mol. The summed E-state index contributed by atoms with van der Waals surface area (Å²) in [6.45, 7) is 5.87. The molecule has 3 heterocycles. The molecule has 23 heavy (non-hydrogen) atoms. The standard InChI is InChI=1S/C18H17N5/c1-3-5-8-13(4-2)23-17(14-9-6-11-20-16(14)19)22-15-10-7-12-21-18(15)23/h3-12H,2H2,1H3,(H2,19,20)/b5-3-,13-8+. The fourth-order valence-electron chi connectivity index (χ4n) is 2.37. The lowest BCUT2D eigenvalue weighted by molar-refractivity contribution is 1.11. The maximum atomic E-state index is 6.04. The number of fused-ring (bicyclic) bond motifs is 1. The van der Waals surface area contributed by atoms with E-state index in [-0.39, 0.29) is 0 Å². The third kappa shape index (κ3) is 2.64. The van der Waals surface area contributed by atoms with Crippen LogP contribution in [-0.4, -0.2) is 19.5 Å². The van der Waals surface area contributed by atoms with Crippen LogP contribution in [0.3, 0.4) is 0 Å². The average molecular weight is 303 g/mol. The van der Waals surface area contributed by atoms with Gasteiger partial charge in [0, 0.05) is 18.1 Å². The minimum absolute atomic E-state index is 0.429. The molecule has 0 aliphatic heterocycles. The first kappa shape index (κ1) is 14.7. The van der Waals surface area contributed by atoms with E-state index in [1.165, 1.54) is 0 Å². The van der Waals surface area contributed by atoms with Crippen molar-refractivity contribution in [1.29, 1.82) is 0 Å². The zero-order valence-electron chi connectivity index (χ0n) is 12.8. The second-order valence-corrected chi connectivity index (χ2v) is 4.87. The van der Waals surface area contributed by atoms with Crippen LogP contribution in [0, 0.1) is 0 Å². The smallest absolute Gasteiger partial charge is 0.164 e. The predicted molar refractivity (Wildman–Crippen MR) is 94.5 cm³/mol. The van der Waals surface area contributed by atoms with Gasteiger partial charge >= 0.3 is 0 Å². The normalized spacial score (nSPS) is 12.1. The third-order valence-electron chi connectivity index (χ3n) is 3.42. The van der Waals surface area contributed by atoms with Gasteiger partial charge in [-0.2, -0.15) is 0 Å². The topological polar surface area (TPSA) is 69.6 Å². The summed E-state index contributed by atoms with van der Waals surface area (Å²) in [5, 5.41) is 0. The number of nitrogens with zero attached hydrogens (tertiary/aromatic N) is 4. The Morgan fingerprint density at radius 3 is 2.74 bits per heavy atom. The van der Waals surface area contributed by atoms with E-state index in [0.29, 0.717) is 11.6 Å². The highest BCUT2D eigenvalue weighted by Crippen LogP contribution is 2.29. The van der Waals surface area contributed by atoms with Gasteiger partial charge in [0.25, 0.3) is 0 Å². The van der Waals surface area contributed by atoms with Crippen molar-refractivity contribution >= 4 is 22.7 Å². The highest BCUT2D eigenvalue weighted by atomic mass is 15.1. The Balaban J connectivity index is 2.36. The van der Waals surface area contributed by atoms with Crippen LogP contribution in [0.25, 0.3) is 28.2 Å². The van der Waals surface area contributed by atoms with Crippen molar-refractivity contribution in [3.63, 3.8) is 0 Å². The molecule has 0 aliphatic rings. The van der Waals surface area contributed by atoms with E-state index in [9.17, 15) is 0 Å². The van der Waals surface area contributed by atoms with E-state index in [0.717, 1.165) is 22.4 Å². The molecule has 0 atom stereocenters. The molecule has 3 rings (SSSR count). The third-order valence-corrected chi connectivity index (χ3v) is 3.42. The van der Waals surface area contributed by atoms with Crippen molar-refractivity contribution in [2.45, 2.75) is 6.92 Å². The summed E-state index contributed by atoms with van der Waals surface area (Å²) in [6.07, 6.45) is 11.0. The first-order valence-electron chi connectivity index (χ1n) is 7.26. The molecular formula is C18H17N5. The Hall–Kier alpha value is -3.21. The summed E-state index contributed by atoms with van der Waals surface area (Å²) in [5.74, 6) is 1.12. The van der Waals surface area contributed by atoms with Crippen molar-refractivity contribution in [2.75, 3.05) is 5.73 Å². The summed E-state index contributed by atoms with van der Waals surface area (Å²) >= 11 is 0.